The topological polar surface area (TPSA) is 80.9 Å². The average molecular weight is 180 g/mol. The van der Waals surface area contributed by atoms with Crippen LogP contribution in [0.2, 0.25) is 0 Å². The van der Waals surface area contributed by atoms with E-state index in [0.29, 0.717) is 0 Å². The standard InChI is InChI=1S/Al.BH3.K.H4O4Si.4H/c;;;1-5(2,3)4;;;;/h;1H3;;1-4H;;;;. The first kappa shape index (κ1) is 22.4. The zero-order valence-corrected chi connectivity index (χ0v) is 3.29. The molecule has 0 aromatic heterocycles. The maximum atomic E-state index is 7.33. The van der Waals surface area contributed by atoms with Gasteiger partial charge in [0.1, 0.15) is 0 Å². The molecular formula is H11AlBKO4Si. The van der Waals surface area contributed by atoms with E-state index < -0.39 is 9.05 Å². The van der Waals surface area contributed by atoms with Crippen molar-refractivity contribution < 1.29 is 19.2 Å². The molecule has 4 nitrogen and oxygen atoms in total. The summed E-state index contributed by atoms with van der Waals surface area (Å²) in [5, 5.41) is 0. The maximum absolute atomic E-state index is 7.33. The van der Waals surface area contributed by atoms with E-state index in [1.54, 1.807) is 0 Å². The Balaban J connectivity index is -0.0000000267. The third-order valence-electron chi connectivity index (χ3n) is 0. The van der Waals surface area contributed by atoms with Crippen LogP contribution in [0.4, 0.5) is 0 Å². The van der Waals surface area contributed by atoms with Crippen molar-refractivity contribution in [2.24, 2.45) is 0 Å². The third kappa shape index (κ3) is 84.0. The van der Waals surface area contributed by atoms with Crippen molar-refractivity contribution in [3.63, 3.8) is 0 Å². The van der Waals surface area contributed by atoms with E-state index in [-0.39, 0.29) is 77.2 Å². The van der Waals surface area contributed by atoms with Gasteiger partial charge in [-0.25, -0.2) is 0 Å². The molecule has 0 saturated heterocycles. The molecule has 0 aromatic carbocycles. The number of hydrogen-bond acceptors (Lipinski definition) is 4. The average Bonchev–Trinajstić information content (AvgIpc) is 0.722. The molecule has 4 N–H and O–H groups in total. The van der Waals surface area contributed by atoms with Crippen LogP contribution in [0, 0.1) is 0 Å². The molecule has 0 unspecified atom stereocenters. The summed E-state index contributed by atoms with van der Waals surface area (Å²) in [6.45, 7) is 0. The van der Waals surface area contributed by atoms with Gasteiger partial charge in [-0.1, -0.05) is 0 Å². The van der Waals surface area contributed by atoms with Gasteiger partial charge in [-0.2, -0.15) is 0 Å². The zero-order chi connectivity index (χ0) is 4.50. The molecule has 46 valence electrons. The zero-order valence-electron chi connectivity index (χ0n) is 2.29. The molecule has 0 amide bonds. The minimum absolute atomic E-state index is 0. The minimum atomic E-state index is -4.61. The second kappa shape index (κ2) is 9.29. The van der Waals surface area contributed by atoms with Crippen LogP contribution in [0.5, 0.6) is 0 Å². The van der Waals surface area contributed by atoms with Gasteiger partial charge in [0.2, 0.25) is 0 Å². The second-order valence-corrected chi connectivity index (χ2v) is 1.80. The molecule has 0 rings (SSSR count). The summed E-state index contributed by atoms with van der Waals surface area (Å²) in [7, 11) is -4.61. The van der Waals surface area contributed by atoms with Crippen LogP contribution in [0.3, 0.4) is 0 Å². The Kier molecular flexibility index (Phi) is 26.1. The fraction of sp³-hybridized carbons (Fsp3) is 0. The molecule has 0 heterocycles. The Morgan fingerprint density at radius 3 is 0.875 bits per heavy atom. The van der Waals surface area contributed by atoms with E-state index in [4.69, 9.17) is 19.2 Å². The Labute approximate surface area is 104 Å². The van der Waals surface area contributed by atoms with Crippen LogP contribution in [-0.2, 0) is 0 Å². The molecule has 0 aliphatic rings. The van der Waals surface area contributed by atoms with Crippen molar-refractivity contribution in [2.45, 2.75) is 0 Å². The molecule has 0 saturated carbocycles. The third-order valence-corrected chi connectivity index (χ3v) is 0. The summed E-state index contributed by atoms with van der Waals surface area (Å²) in [4.78, 5) is 29.3. The van der Waals surface area contributed by atoms with Gasteiger partial charge in [0, 0.05) is 0 Å². The van der Waals surface area contributed by atoms with Gasteiger partial charge in [0.25, 0.3) is 0 Å². The predicted octanol–water partition coefficient (Wildman–Crippen LogP) is -5.63. The van der Waals surface area contributed by atoms with Gasteiger partial charge in [-0.05, 0) is 0 Å². The summed E-state index contributed by atoms with van der Waals surface area (Å²) >= 11 is 0. The Morgan fingerprint density at radius 1 is 0.875 bits per heavy atom. The number of hydrogen-bond donors (Lipinski definition) is 4. The molecule has 0 bridgehead atoms. The van der Waals surface area contributed by atoms with Crippen molar-refractivity contribution in [3.8, 4) is 0 Å². The van der Waals surface area contributed by atoms with E-state index >= 15 is 0 Å². The van der Waals surface area contributed by atoms with Gasteiger partial charge in [-0.15, -0.1) is 0 Å². The molecule has 0 fully saturated rings. The van der Waals surface area contributed by atoms with Gasteiger partial charge in [0.05, 0.1) is 8.41 Å². The first-order valence-corrected chi connectivity index (χ1v) is 2.68. The first-order valence-electron chi connectivity index (χ1n) is 0.894. The first-order chi connectivity index (χ1) is 2.00. The molecule has 8 heteroatoms. The van der Waals surface area contributed by atoms with Gasteiger partial charge in [-0.3, -0.25) is 0 Å². The molecule has 0 aliphatic carbocycles. The molecule has 0 aromatic rings. The van der Waals surface area contributed by atoms with E-state index in [9.17, 15) is 0 Å². The summed E-state index contributed by atoms with van der Waals surface area (Å²) in [6.07, 6.45) is 0. The summed E-state index contributed by atoms with van der Waals surface area (Å²) in [5.74, 6) is 0. The van der Waals surface area contributed by atoms with Crippen molar-refractivity contribution in [3.05, 3.63) is 0 Å². The fourth-order valence-electron chi connectivity index (χ4n) is 0. The Morgan fingerprint density at radius 2 is 0.875 bits per heavy atom. The second-order valence-electron chi connectivity index (χ2n) is 0.600. The van der Waals surface area contributed by atoms with Crippen molar-refractivity contribution in [1.29, 1.82) is 0 Å². The predicted molar refractivity (Wildman–Crippen MR) is 41.7 cm³/mol. The fourth-order valence-corrected chi connectivity index (χ4v) is 0. The molecule has 0 aliphatic heterocycles. The van der Waals surface area contributed by atoms with Crippen molar-refractivity contribution in [2.75, 3.05) is 0 Å². The van der Waals surface area contributed by atoms with E-state index in [1.165, 1.54) is 0 Å². The van der Waals surface area contributed by atoms with Crippen LogP contribution in [0.1, 0.15) is 0 Å². The van der Waals surface area contributed by atoms with Gasteiger partial charge in [0.15, 0.2) is 17.4 Å². The SMILES string of the molecule is B.O[Si](O)(O)O.[AlH3].[KH]. The number of rotatable bonds is 0. The normalized spacial score (nSPS) is 7.50. The molecule has 0 radical (unpaired) electrons. The monoisotopic (exact) mass is 180 g/mol. The van der Waals surface area contributed by atoms with Crippen LogP contribution >= 0.6 is 0 Å². The van der Waals surface area contributed by atoms with E-state index in [2.05, 4.69) is 0 Å². The summed E-state index contributed by atoms with van der Waals surface area (Å²) in [5.41, 5.74) is 0. The molecule has 0 atom stereocenters. The molecule has 8 heavy (non-hydrogen) atoms. The molecule has 0 spiro atoms. The van der Waals surface area contributed by atoms with Gasteiger partial charge < -0.3 is 19.2 Å². The van der Waals surface area contributed by atoms with Crippen LogP contribution in [-0.4, -0.2) is 105 Å². The Hall–Kier alpha value is 2.29. The van der Waals surface area contributed by atoms with Crippen molar-refractivity contribution in [1.82, 2.24) is 0 Å². The van der Waals surface area contributed by atoms with Crippen LogP contribution < -0.4 is 0 Å². The van der Waals surface area contributed by atoms with Crippen molar-refractivity contribution >= 4 is 86.2 Å². The Bertz CT molecular complexity index is 31.5. The molecular weight excluding hydrogens is 169 g/mol. The summed E-state index contributed by atoms with van der Waals surface area (Å²) in [6, 6.07) is 0. The van der Waals surface area contributed by atoms with Crippen LogP contribution in [0.25, 0.3) is 0 Å². The van der Waals surface area contributed by atoms with E-state index in [1.807, 2.05) is 0 Å². The van der Waals surface area contributed by atoms with Crippen LogP contribution in [0.15, 0.2) is 0 Å². The summed E-state index contributed by atoms with van der Waals surface area (Å²) < 4.78 is 0. The van der Waals surface area contributed by atoms with E-state index in [0.717, 1.165) is 0 Å². The quantitative estimate of drug-likeness (QED) is 0.280. The van der Waals surface area contributed by atoms with Gasteiger partial charge >= 0.3 is 60.4 Å².